The smallest absolute Gasteiger partial charge is 0.0634 e. The van der Waals surface area contributed by atoms with Gasteiger partial charge in [-0.15, -0.1) is 11.3 Å². The number of hydrogen-bond acceptors (Lipinski definition) is 3. The summed E-state index contributed by atoms with van der Waals surface area (Å²) in [6.07, 6.45) is 2.75. The van der Waals surface area contributed by atoms with Crippen molar-refractivity contribution in [2.45, 2.75) is 18.9 Å². The Kier molecular flexibility index (Phi) is 2.51. The van der Waals surface area contributed by atoms with E-state index in [1.54, 1.807) is 11.3 Å². The maximum atomic E-state index is 3.64. The summed E-state index contributed by atoms with van der Waals surface area (Å²) in [5, 5.41) is 10.1. The van der Waals surface area contributed by atoms with Crippen LogP contribution in [0.15, 0.2) is 34.3 Å². The molecule has 1 aliphatic rings. The lowest BCUT2D eigenvalue weighted by Gasteiger charge is -2.16. The Bertz CT molecular complexity index is 401. The average molecular weight is 235 g/mol. The molecule has 1 atom stereocenters. The zero-order chi connectivity index (χ0) is 10.1. The Balaban J connectivity index is 1.80. The Morgan fingerprint density at radius 2 is 2.20 bits per heavy atom. The molecule has 15 heavy (non-hydrogen) atoms. The van der Waals surface area contributed by atoms with Crippen LogP contribution in [0.3, 0.4) is 0 Å². The van der Waals surface area contributed by atoms with Gasteiger partial charge in [0.15, 0.2) is 0 Å². The maximum absolute atomic E-state index is 3.64. The number of nitrogens with one attached hydrogen (secondary N) is 1. The Labute approximate surface area is 97.8 Å². The van der Waals surface area contributed by atoms with Gasteiger partial charge < -0.3 is 5.32 Å². The zero-order valence-electron chi connectivity index (χ0n) is 8.35. The molecule has 1 saturated carbocycles. The molecule has 3 heteroatoms. The Hall–Kier alpha value is -0.800. The van der Waals surface area contributed by atoms with Gasteiger partial charge in [0.1, 0.15) is 0 Å². The average Bonchev–Trinajstić information content (AvgIpc) is 2.78. The standard InChI is InChI=1S/C12H13NS2/c1-2-11(15-6-1)12(9-3-4-9)13-10-5-7-14-8-10/h1-2,5-9,12-13H,3-4H2. The van der Waals surface area contributed by atoms with E-state index in [4.69, 9.17) is 0 Å². The molecule has 1 N–H and O–H groups in total. The van der Waals surface area contributed by atoms with Crippen LogP contribution in [-0.4, -0.2) is 0 Å². The number of thiophene rings is 2. The summed E-state index contributed by atoms with van der Waals surface area (Å²) < 4.78 is 0. The largest absolute Gasteiger partial charge is 0.376 e. The van der Waals surface area contributed by atoms with Crippen molar-refractivity contribution >= 4 is 28.4 Å². The first-order chi connectivity index (χ1) is 7.43. The van der Waals surface area contributed by atoms with Crippen molar-refractivity contribution in [3.8, 4) is 0 Å². The highest BCUT2D eigenvalue weighted by molar-refractivity contribution is 7.10. The molecule has 0 amide bonds. The van der Waals surface area contributed by atoms with Crippen LogP contribution in [0.25, 0.3) is 0 Å². The molecule has 1 fully saturated rings. The fraction of sp³-hybridized carbons (Fsp3) is 0.333. The van der Waals surface area contributed by atoms with E-state index >= 15 is 0 Å². The molecule has 3 rings (SSSR count). The van der Waals surface area contributed by atoms with Gasteiger partial charge in [-0.2, -0.15) is 11.3 Å². The molecule has 0 radical (unpaired) electrons. The molecule has 0 aliphatic heterocycles. The minimum absolute atomic E-state index is 0.541. The van der Waals surface area contributed by atoms with Gasteiger partial charge in [0.05, 0.1) is 6.04 Å². The predicted octanol–water partition coefficient (Wildman–Crippen LogP) is 4.37. The molecule has 0 spiro atoms. The first kappa shape index (κ1) is 9.43. The molecular weight excluding hydrogens is 222 g/mol. The SMILES string of the molecule is c1csc(C(Nc2ccsc2)C2CC2)c1. The molecule has 0 aromatic carbocycles. The molecular formula is C12H13NS2. The van der Waals surface area contributed by atoms with E-state index in [0.29, 0.717) is 6.04 Å². The lowest BCUT2D eigenvalue weighted by molar-refractivity contribution is 0.691. The normalized spacial score (nSPS) is 17.6. The van der Waals surface area contributed by atoms with E-state index in [1.807, 2.05) is 11.3 Å². The van der Waals surface area contributed by atoms with Gasteiger partial charge in [-0.3, -0.25) is 0 Å². The van der Waals surface area contributed by atoms with Gasteiger partial charge in [0.25, 0.3) is 0 Å². The monoisotopic (exact) mass is 235 g/mol. The van der Waals surface area contributed by atoms with Gasteiger partial charge in [-0.1, -0.05) is 6.07 Å². The maximum Gasteiger partial charge on any atom is 0.0634 e. The molecule has 2 heterocycles. The molecule has 1 nitrogen and oxygen atoms in total. The van der Waals surface area contributed by atoms with Crippen LogP contribution in [0.5, 0.6) is 0 Å². The second-order valence-electron chi connectivity index (χ2n) is 3.99. The van der Waals surface area contributed by atoms with Crippen molar-refractivity contribution in [3.63, 3.8) is 0 Å². The lowest BCUT2D eigenvalue weighted by Crippen LogP contribution is -2.10. The van der Waals surface area contributed by atoms with Gasteiger partial charge in [-0.05, 0) is 41.7 Å². The highest BCUT2D eigenvalue weighted by Crippen LogP contribution is 2.44. The van der Waals surface area contributed by atoms with Crippen LogP contribution < -0.4 is 5.32 Å². The second kappa shape index (κ2) is 3.99. The van der Waals surface area contributed by atoms with E-state index in [2.05, 4.69) is 39.7 Å². The van der Waals surface area contributed by atoms with Gasteiger partial charge >= 0.3 is 0 Å². The highest BCUT2D eigenvalue weighted by atomic mass is 32.1. The van der Waals surface area contributed by atoms with E-state index < -0.39 is 0 Å². The first-order valence-corrected chi connectivity index (χ1v) is 7.08. The van der Waals surface area contributed by atoms with E-state index in [0.717, 1.165) is 5.92 Å². The molecule has 1 unspecified atom stereocenters. The van der Waals surface area contributed by atoms with Crippen LogP contribution in [0.1, 0.15) is 23.8 Å². The predicted molar refractivity (Wildman–Crippen MR) is 67.7 cm³/mol. The summed E-state index contributed by atoms with van der Waals surface area (Å²) in [5.74, 6) is 0.851. The highest BCUT2D eigenvalue weighted by Gasteiger charge is 2.32. The third-order valence-corrected chi connectivity index (χ3v) is 4.43. The minimum Gasteiger partial charge on any atom is -0.376 e. The van der Waals surface area contributed by atoms with E-state index in [-0.39, 0.29) is 0 Å². The van der Waals surface area contributed by atoms with Gasteiger partial charge in [0, 0.05) is 15.9 Å². The lowest BCUT2D eigenvalue weighted by atomic mass is 10.1. The van der Waals surface area contributed by atoms with Crippen LogP contribution in [-0.2, 0) is 0 Å². The van der Waals surface area contributed by atoms with E-state index in [9.17, 15) is 0 Å². The first-order valence-electron chi connectivity index (χ1n) is 5.25. The summed E-state index contributed by atoms with van der Waals surface area (Å²) >= 11 is 3.61. The minimum atomic E-state index is 0.541. The van der Waals surface area contributed by atoms with Crippen molar-refractivity contribution in [2.24, 2.45) is 5.92 Å². The Morgan fingerprint density at radius 1 is 1.27 bits per heavy atom. The van der Waals surface area contributed by atoms with Gasteiger partial charge in [0.2, 0.25) is 0 Å². The number of hydrogen-bond donors (Lipinski definition) is 1. The third-order valence-electron chi connectivity index (χ3n) is 2.79. The third kappa shape index (κ3) is 2.08. The van der Waals surface area contributed by atoms with Crippen LogP contribution >= 0.6 is 22.7 Å². The fourth-order valence-corrected chi connectivity index (χ4v) is 3.31. The van der Waals surface area contributed by atoms with Crippen molar-refractivity contribution in [3.05, 3.63) is 39.2 Å². The molecule has 78 valence electrons. The van der Waals surface area contributed by atoms with E-state index in [1.165, 1.54) is 23.4 Å². The van der Waals surface area contributed by atoms with Crippen molar-refractivity contribution in [1.29, 1.82) is 0 Å². The number of rotatable bonds is 4. The summed E-state index contributed by atoms with van der Waals surface area (Å²) in [5.41, 5.74) is 1.27. The molecule has 1 aliphatic carbocycles. The summed E-state index contributed by atoms with van der Waals surface area (Å²) in [6.45, 7) is 0. The van der Waals surface area contributed by atoms with Crippen molar-refractivity contribution < 1.29 is 0 Å². The number of anilines is 1. The Morgan fingerprint density at radius 3 is 2.80 bits per heavy atom. The topological polar surface area (TPSA) is 12.0 Å². The molecule has 0 saturated heterocycles. The van der Waals surface area contributed by atoms with Crippen LogP contribution in [0, 0.1) is 5.92 Å². The molecule has 0 bridgehead atoms. The van der Waals surface area contributed by atoms with Crippen molar-refractivity contribution in [1.82, 2.24) is 0 Å². The molecule has 2 aromatic heterocycles. The molecule has 2 aromatic rings. The van der Waals surface area contributed by atoms with Crippen LogP contribution in [0.4, 0.5) is 5.69 Å². The summed E-state index contributed by atoms with van der Waals surface area (Å²) in [7, 11) is 0. The quantitative estimate of drug-likeness (QED) is 0.829. The van der Waals surface area contributed by atoms with Crippen molar-refractivity contribution in [2.75, 3.05) is 5.32 Å². The summed E-state index contributed by atoms with van der Waals surface area (Å²) in [4.78, 5) is 1.48. The van der Waals surface area contributed by atoms with Crippen LogP contribution in [0.2, 0.25) is 0 Å². The fourth-order valence-electron chi connectivity index (χ4n) is 1.85. The van der Waals surface area contributed by atoms with Gasteiger partial charge in [-0.25, -0.2) is 0 Å². The second-order valence-corrected chi connectivity index (χ2v) is 5.75. The summed E-state index contributed by atoms with van der Waals surface area (Å²) in [6, 6.07) is 7.09. The zero-order valence-corrected chi connectivity index (χ0v) is 9.98.